The Hall–Kier alpha value is -0.0900. The van der Waals surface area contributed by atoms with Gasteiger partial charge in [0.25, 0.3) is 0 Å². The van der Waals surface area contributed by atoms with Crippen molar-refractivity contribution < 1.29 is 0 Å². The van der Waals surface area contributed by atoms with Crippen LogP contribution in [0.3, 0.4) is 0 Å². The molecule has 1 unspecified atom stereocenters. The van der Waals surface area contributed by atoms with Gasteiger partial charge >= 0.3 is 0 Å². The van der Waals surface area contributed by atoms with Gasteiger partial charge in [0, 0.05) is 28.6 Å². The zero-order valence-corrected chi connectivity index (χ0v) is 13.1. The van der Waals surface area contributed by atoms with E-state index in [1.54, 1.807) is 0 Å². The van der Waals surface area contributed by atoms with Crippen LogP contribution in [-0.2, 0) is 6.54 Å². The highest BCUT2D eigenvalue weighted by Gasteiger charge is 2.17. The summed E-state index contributed by atoms with van der Waals surface area (Å²) < 4.78 is 1.08. The summed E-state index contributed by atoms with van der Waals surface area (Å²) >= 11 is 9.64. The molecule has 1 aliphatic rings. The van der Waals surface area contributed by atoms with E-state index in [9.17, 15) is 0 Å². The molecule has 100 valence electrons. The molecule has 2 rings (SSSR count). The molecule has 1 aromatic carbocycles. The fraction of sp³-hybridized carbons (Fsp3) is 0.571. The SMILES string of the molecule is CC(CNCc1cc(Br)ccc1Cl)N1CCCC1. The molecule has 1 atom stereocenters. The van der Waals surface area contributed by atoms with E-state index in [0.717, 1.165) is 28.1 Å². The van der Waals surface area contributed by atoms with Gasteiger partial charge < -0.3 is 5.32 Å². The standard InChI is InChI=1S/C14H20BrClN2/c1-11(18-6-2-3-7-18)9-17-10-12-8-13(15)4-5-14(12)16/h4-5,8,11,17H,2-3,6-7,9-10H2,1H3. The van der Waals surface area contributed by atoms with Crippen LogP contribution in [0.1, 0.15) is 25.3 Å². The minimum absolute atomic E-state index is 0.610. The molecular weight excluding hydrogens is 312 g/mol. The van der Waals surface area contributed by atoms with Crippen LogP contribution in [0.15, 0.2) is 22.7 Å². The molecule has 18 heavy (non-hydrogen) atoms. The molecule has 1 aliphatic heterocycles. The predicted molar refractivity (Wildman–Crippen MR) is 81.1 cm³/mol. The topological polar surface area (TPSA) is 15.3 Å². The van der Waals surface area contributed by atoms with E-state index >= 15 is 0 Å². The fourth-order valence-corrected chi connectivity index (χ4v) is 3.00. The Kier molecular flexibility index (Phi) is 5.49. The normalized spacial score (nSPS) is 18.2. The highest BCUT2D eigenvalue weighted by atomic mass is 79.9. The Bertz CT molecular complexity index is 391. The molecule has 1 N–H and O–H groups in total. The summed E-state index contributed by atoms with van der Waals surface area (Å²) in [6.07, 6.45) is 2.70. The predicted octanol–water partition coefficient (Wildman–Crippen LogP) is 3.68. The minimum atomic E-state index is 0.610. The van der Waals surface area contributed by atoms with Crippen molar-refractivity contribution >= 4 is 27.5 Å². The van der Waals surface area contributed by atoms with Gasteiger partial charge in [0.1, 0.15) is 0 Å². The van der Waals surface area contributed by atoms with Gasteiger partial charge in [-0.2, -0.15) is 0 Å². The van der Waals surface area contributed by atoms with Crippen LogP contribution in [0.2, 0.25) is 5.02 Å². The van der Waals surface area contributed by atoms with Crippen LogP contribution in [0.25, 0.3) is 0 Å². The lowest BCUT2D eigenvalue weighted by Crippen LogP contribution is -2.38. The van der Waals surface area contributed by atoms with Crippen molar-refractivity contribution in [1.82, 2.24) is 10.2 Å². The molecule has 1 aromatic rings. The lowest BCUT2D eigenvalue weighted by atomic mass is 10.2. The first-order valence-corrected chi connectivity index (χ1v) is 7.72. The summed E-state index contributed by atoms with van der Waals surface area (Å²) in [6.45, 7) is 6.64. The third-order valence-electron chi connectivity index (χ3n) is 3.53. The van der Waals surface area contributed by atoms with Gasteiger partial charge in [-0.05, 0) is 56.6 Å². The van der Waals surface area contributed by atoms with Gasteiger partial charge in [-0.25, -0.2) is 0 Å². The zero-order valence-electron chi connectivity index (χ0n) is 10.8. The van der Waals surface area contributed by atoms with E-state index in [1.165, 1.54) is 25.9 Å². The quantitative estimate of drug-likeness (QED) is 0.885. The Morgan fingerprint density at radius 3 is 2.83 bits per heavy atom. The molecule has 0 aromatic heterocycles. The highest BCUT2D eigenvalue weighted by Crippen LogP contribution is 2.20. The van der Waals surface area contributed by atoms with Crippen molar-refractivity contribution in [1.29, 1.82) is 0 Å². The summed E-state index contributed by atoms with van der Waals surface area (Å²) in [5.41, 5.74) is 1.15. The van der Waals surface area contributed by atoms with Crippen molar-refractivity contribution in [3.63, 3.8) is 0 Å². The maximum Gasteiger partial charge on any atom is 0.0451 e. The van der Waals surface area contributed by atoms with E-state index in [4.69, 9.17) is 11.6 Å². The van der Waals surface area contributed by atoms with Crippen molar-refractivity contribution in [2.24, 2.45) is 0 Å². The molecule has 1 saturated heterocycles. The molecule has 0 radical (unpaired) electrons. The van der Waals surface area contributed by atoms with Crippen molar-refractivity contribution in [2.45, 2.75) is 32.4 Å². The average molecular weight is 332 g/mol. The largest absolute Gasteiger partial charge is 0.311 e. The summed E-state index contributed by atoms with van der Waals surface area (Å²) in [4.78, 5) is 2.55. The third-order valence-corrected chi connectivity index (χ3v) is 4.39. The number of nitrogens with zero attached hydrogens (tertiary/aromatic N) is 1. The zero-order chi connectivity index (χ0) is 13.0. The number of rotatable bonds is 5. The summed E-state index contributed by atoms with van der Waals surface area (Å²) in [6, 6.07) is 6.60. The lowest BCUT2D eigenvalue weighted by molar-refractivity contribution is 0.251. The van der Waals surface area contributed by atoms with Gasteiger partial charge in [0.2, 0.25) is 0 Å². The number of halogens is 2. The van der Waals surface area contributed by atoms with Gasteiger partial charge in [-0.3, -0.25) is 4.90 Å². The first kappa shape index (κ1) is 14.3. The average Bonchev–Trinajstić information content (AvgIpc) is 2.87. The van der Waals surface area contributed by atoms with Crippen LogP contribution in [0.4, 0.5) is 0 Å². The smallest absolute Gasteiger partial charge is 0.0451 e. The second-order valence-corrected chi connectivity index (χ2v) is 6.28. The van der Waals surface area contributed by atoms with Crippen molar-refractivity contribution in [3.8, 4) is 0 Å². The van der Waals surface area contributed by atoms with Crippen LogP contribution in [0, 0.1) is 0 Å². The number of benzene rings is 1. The van der Waals surface area contributed by atoms with Crippen LogP contribution >= 0.6 is 27.5 Å². The van der Waals surface area contributed by atoms with Gasteiger partial charge in [0.05, 0.1) is 0 Å². The number of nitrogens with one attached hydrogen (secondary N) is 1. The summed E-state index contributed by atoms with van der Waals surface area (Å²) in [7, 11) is 0. The molecule has 0 amide bonds. The molecular formula is C14H20BrClN2. The molecule has 4 heteroatoms. The molecule has 2 nitrogen and oxygen atoms in total. The lowest BCUT2D eigenvalue weighted by Gasteiger charge is -2.24. The van der Waals surface area contributed by atoms with Crippen molar-refractivity contribution in [3.05, 3.63) is 33.3 Å². The van der Waals surface area contributed by atoms with E-state index in [-0.39, 0.29) is 0 Å². The first-order chi connectivity index (χ1) is 8.66. The second-order valence-electron chi connectivity index (χ2n) is 4.96. The Morgan fingerprint density at radius 2 is 2.11 bits per heavy atom. The first-order valence-electron chi connectivity index (χ1n) is 6.55. The Morgan fingerprint density at radius 1 is 1.39 bits per heavy atom. The third kappa shape index (κ3) is 3.95. The second kappa shape index (κ2) is 6.90. The highest BCUT2D eigenvalue weighted by molar-refractivity contribution is 9.10. The fourth-order valence-electron chi connectivity index (χ4n) is 2.41. The summed E-state index contributed by atoms with van der Waals surface area (Å²) in [5.74, 6) is 0. The molecule has 1 fully saturated rings. The van der Waals surface area contributed by atoms with Crippen LogP contribution in [0.5, 0.6) is 0 Å². The minimum Gasteiger partial charge on any atom is -0.311 e. The van der Waals surface area contributed by atoms with Crippen LogP contribution in [-0.4, -0.2) is 30.6 Å². The molecule has 0 bridgehead atoms. The van der Waals surface area contributed by atoms with Gasteiger partial charge in [0.15, 0.2) is 0 Å². The Labute approximate surface area is 123 Å². The number of likely N-dealkylation sites (tertiary alicyclic amines) is 1. The Balaban J connectivity index is 1.79. The molecule has 1 heterocycles. The van der Waals surface area contributed by atoms with E-state index in [0.29, 0.717) is 6.04 Å². The monoisotopic (exact) mass is 330 g/mol. The van der Waals surface area contributed by atoms with Crippen molar-refractivity contribution in [2.75, 3.05) is 19.6 Å². The van der Waals surface area contributed by atoms with Gasteiger partial charge in [-0.15, -0.1) is 0 Å². The van der Waals surface area contributed by atoms with Crippen LogP contribution < -0.4 is 5.32 Å². The summed E-state index contributed by atoms with van der Waals surface area (Å²) in [5, 5.41) is 4.33. The van der Waals surface area contributed by atoms with Gasteiger partial charge in [-0.1, -0.05) is 27.5 Å². The van der Waals surface area contributed by atoms with E-state index < -0.39 is 0 Å². The van der Waals surface area contributed by atoms with E-state index in [2.05, 4.69) is 39.1 Å². The molecule has 0 aliphatic carbocycles. The maximum absolute atomic E-state index is 6.17. The molecule has 0 spiro atoms. The van der Waals surface area contributed by atoms with E-state index in [1.807, 2.05) is 12.1 Å². The number of hydrogen-bond acceptors (Lipinski definition) is 2. The maximum atomic E-state index is 6.17. The molecule has 0 saturated carbocycles. The number of hydrogen-bond donors (Lipinski definition) is 1.